The van der Waals surface area contributed by atoms with Gasteiger partial charge in [-0.15, -0.1) is 11.3 Å². The summed E-state index contributed by atoms with van der Waals surface area (Å²) in [6, 6.07) is 52.2. The van der Waals surface area contributed by atoms with Crippen LogP contribution in [0.3, 0.4) is 0 Å². The zero-order chi connectivity index (χ0) is 33.5. The van der Waals surface area contributed by atoms with E-state index in [1.165, 1.54) is 20.2 Å². The predicted octanol–water partition coefficient (Wildman–Crippen LogP) is 12.7. The highest BCUT2D eigenvalue weighted by atomic mass is 32.1. The third kappa shape index (κ3) is 4.50. The van der Waals surface area contributed by atoms with Gasteiger partial charge in [-0.25, -0.2) is 15.0 Å². The van der Waals surface area contributed by atoms with Crippen LogP contribution in [0.25, 0.3) is 109 Å². The zero-order valence-corrected chi connectivity index (χ0v) is 27.8. The molecule has 5 nitrogen and oxygen atoms in total. The van der Waals surface area contributed by atoms with Crippen LogP contribution in [0.2, 0.25) is 0 Å². The largest absolute Gasteiger partial charge is 0.456 e. The highest BCUT2D eigenvalue weighted by Gasteiger charge is 2.18. The van der Waals surface area contributed by atoms with Crippen molar-refractivity contribution in [1.29, 1.82) is 0 Å². The average molecular weight is 672 g/mol. The normalized spacial score (nSPS) is 11.9. The Hall–Kier alpha value is -6.63. The summed E-state index contributed by atoms with van der Waals surface area (Å²) in [5, 5.41) is 6.81. The molecule has 0 amide bonds. The van der Waals surface area contributed by atoms with Crippen molar-refractivity contribution in [2.45, 2.75) is 0 Å². The molecule has 51 heavy (non-hydrogen) atoms. The van der Waals surface area contributed by atoms with Crippen LogP contribution in [-0.2, 0) is 0 Å². The molecule has 0 aliphatic rings. The van der Waals surface area contributed by atoms with Crippen molar-refractivity contribution < 1.29 is 8.83 Å². The Bertz CT molecular complexity index is 3160. The molecule has 6 heteroatoms. The number of aromatic nitrogens is 3. The molecule has 0 saturated carbocycles. The zero-order valence-electron chi connectivity index (χ0n) is 27.0. The maximum Gasteiger partial charge on any atom is 0.164 e. The number of hydrogen-bond acceptors (Lipinski definition) is 6. The topological polar surface area (TPSA) is 65.0 Å². The Morgan fingerprint density at radius 2 is 0.922 bits per heavy atom. The molecule has 0 spiro atoms. The van der Waals surface area contributed by atoms with E-state index in [4.69, 9.17) is 23.8 Å². The van der Waals surface area contributed by atoms with Crippen molar-refractivity contribution in [3.8, 4) is 45.3 Å². The summed E-state index contributed by atoms with van der Waals surface area (Å²) < 4.78 is 15.4. The van der Waals surface area contributed by atoms with Gasteiger partial charge in [0.25, 0.3) is 0 Å². The van der Waals surface area contributed by atoms with Gasteiger partial charge in [0.05, 0.1) is 0 Å². The molecule has 0 aliphatic carbocycles. The molecular formula is C45H25N3O2S. The maximum absolute atomic E-state index is 6.68. The van der Waals surface area contributed by atoms with Crippen molar-refractivity contribution in [1.82, 2.24) is 15.0 Å². The van der Waals surface area contributed by atoms with E-state index in [9.17, 15) is 0 Å². The molecular weight excluding hydrogens is 647 g/mol. The van der Waals surface area contributed by atoms with Crippen LogP contribution in [-0.4, -0.2) is 15.0 Å². The van der Waals surface area contributed by atoms with Gasteiger partial charge in [0.2, 0.25) is 0 Å². The Balaban J connectivity index is 1.05. The lowest BCUT2D eigenvalue weighted by Crippen LogP contribution is -2.00. The van der Waals surface area contributed by atoms with E-state index in [1.54, 1.807) is 11.3 Å². The van der Waals surface area contributed by atoms with Crippen LogP contribution < -0.4 is 0 Å². The summed E-state index contributed by atoms with van der Waals surface area (Å²) in [6.07, 6.45) is 0. The van der Waals surface area contributed by atoms with E-state index in [0.717, 1.165) is 71.7 Å². The van der Waals surface area contributed by atoms with E-state index >= 15 is 0 Å². The predicted molar refractivity (Wildman–Crippen MR) is 209 cm³/mol. The van der Waals surface area contributed by atoms with E-state index in [-0.39, 0.29) is 0 Å². The summed E-state index contributed by atoms with van der Waals surface area (Å²) in [5.74, 6) is 1.85. The molecule has 11 rings (SSSR count). The van der Waals surface area contributed by atoms with Crippen molar-refractivity contribution in [3.05, 3.63) is 152 Å². The minimum atomic E-state index is 0.591. The second-order valence-electron chi connectivity index (χ2n) is 12.8. The molecule has 0 unspecified atom stereocenters. The maximum atomic E-state index is 6.68. The van der Waals surface area contributed by atoms with E-state index < -0.39 is 0 Å². The first-order valence-corrected chi connectivity index (χ1v) is 17.7. The highest BCUT2D eigenvalue weighted by molar-refractivity contribution is 7.25. The van der Waals surface area contributed by atoms with Crippen molar-refractivity contribution in [3.63, 3.8) is 0 Å². The standard InChI is InChI=1S/C45H25N3O2S/c1-2-9-26(10-3-1)43-46-44(48-45(47-43)29-19-22-35-34-12-5-7-16-40(34)51-41(35)25-29)28-18-21-33-36-14-8-13-30(42(36)50-39(33)24-28)27-17-20-32-31-11-4-6-15-37(31)49-38(32)23-27/h1-25H. The van der Waals surface area contributed by atoms with Gasteiger partial charge in [-0.1, -0.05) is 109 Å². The summed E-state index contributed by atoms with van der Waals surface area (Å²) in [4.78, 5) is 15.0. The van der Waals surface area contributed by atoms with Gasteiger partial charge in [-0.3, -0.25) is 0 Å². The first kappa shape index (κ1) is 28.2. The number of hydrogen-bond donors (Lipinski definition) is 0. The van der Waals surface area contributed by atoms with Gasteiger partial charge in [0.15, 0.2) is 17.5 Å². The Morgan fingerprint density at radius 1 is 0.353 bits per heavy atom. The van der Waals surface area contributed by atoms with Crippen LogP contribution in [0.4, 0.5) is 0 Å². The van der Waals surface area contributed by atoms with Crippen LogP contribution >= 0.6 is 11.3 Å². The number of rotatable bonds is 4. The van der Waals surface area contributed by atoms with Crippen LogP contribution in [0.15, 0.2) is 160 Å². The number of para-hydroxylation sites is 2. The van der Waals surface area contributed by atoms with Gasteiger partial charge >= 0.3 is 0 Å². The minimum absolute atomic E-state index is 0.591. The number of benzene rings is 7. The molecule has 4 heterocycles. The van der Waals surface area contributed by atoms with E-state index in [2.05, 4.69) is 97.1 Å². The Labute approximate surface area is 295 Å². The molecule has 0 radical (unpaired) electrons. The Kier molecular flexibility index (Phi) is 6.05. The van der Waals surface area contributed by atoms with Gasteiger partial charge in [-0.2, -0.15) is 0 Å². The van der Waals surface area contributed by atoms with Crippen molar-refractivity contribution in [2.75, 3.05) is 0 Å². The lowest BCUT2D eigenvalue weighted by Gasteiger charge is -2.08. The fourth-order valence-electron chi connectivity index (χ4n) is 7.27. The summed E-state index contributed by atoms with van der Waals surface area (Å²) in [5.41, 5.74) is 8.14. The fourth-order valence-corrected chi connectivity index (χ4v) is 8.42. The lowest BCUT2D eigenvalue weighted by atomic mass is 10.0. The van der Waals surface area contributed by atoms with Crippen LogP contribution in [0.5, 0.6) is 0 Å². The monoisotopic (exact) mass is 671 g/mol. The molecule has 4 aromatic heterocycles. The second kappa shape index (κ2) is 10.9. The molecule has 238 valence electrons. The molecule has 0 N–H and O–H groups in total. The quantitative estimate of drug-likeness (QED) is 0.186. The number of nitrogens with zero attached hydrogens (tertiary/aromatic N) is 3. The van der Waals surface area contributed by atoms with Crippen LogP contribution in [0, 0.1) is 0 Å². The highest BCUT2D eigenvalue weighted by Crippen LogP contribution is 2.40. The fraction of sp³-hybridized carbons (Fsp3) is 0. The molecule has 11 aromatic rings. The molecule has 0 saturated heterocycles. The van der Waals surface area contributed by atoms with Crippen LogP contribution in [0.1, 0.15) is 0 Å². The third-order valence-electron chi connectivity index (χ3n) is 9.75. The molecule has 0 aliphatic heterocycles. The first-order valence-electron chi connectivity index (χ1n) is 16.8. The molecule has 0 atom stereocenters. The number of fused-ring (bicyclic) bond motifs is 9. The summed E-state index contributed by atoms with van der Waals surface area (Å²) in [6.45, 7) is 0. The van der Waals surface area contributed by atoms with Gasteiger partial charge in [0.1, 0.15) is 22.3 Å². The minimum Gasteiger partial charge on any atom is -0.456 e. The first-order chi connectivity index (χ1) is 25.2. The van der Waals surface area contributed by atoms with E-state index in [1.807, 2.05) is 54.6 Å². The van der Waals surface area contributed by atoms with Crippen molar-refractivity contribution in [2.24, 2.45) is 0 Å². The smallest absolute Gasteiger partial charge is 0.164 e. The average Bonchev–Trinajstić information content (AvgIpc) is 3.88. The van der Waals surface area contributed by atoms with Gasteiger partial charge < -0.3 is 8.83 Å². The third-order valence-corrected chi connectivity index (χ3v) is 10.9. The SMILES string of the molecule is c1ccc(-c2nc(-c3ccc4c(c3)oc3c(-c5ccc6c(c5)oc5ccccc56)cccc34)nc(-c3ccc4c(c3)sc3ccccc34)n2)cc1. The van der Waals surface area contributed by atoms with E-state index in [0.29, 0.717) is 17.5 Å². The number of furan rings is 2. The summed E-state index contributed by atoms with van der Waals surface area (Å²) in [7, 11) is 0. The lowest BCUT2D eigenvalue weighted by molar-refractivity contribution is 0.668. The van der Waals surface area contributed by atoms with Crippen molar-refractivity contribution >= 4 is 75.4 Å². The molecule has 0 bridgehead atoms. The summed E-state index contributed by atoms with van der Waals surface area (Å²) >= 11 is 1.79. The Morgan fingerprint density at radius 3 is 1.76 bits per heavy atom. The van der Waals surface area contributed by atoms with Gasteiger partial charge in [0, 0.05) is 64.0 Å². The molecule has 0 fully saturated rings. The second-order valence-corrected chi connectivity index (χ2v) is 13.9. The van der Waals surface area contributed by atoms with Gasteiger partial charge in [-0.05, 0) is 48.0 Å². The number of thiophene rings is 1. The molecule has 7 aromatic carbocycles.